The summed E-state index contributed by atoms with van der Waals surface area (Å²) < 4.78 is 0. The summed E-state index contributed by atoms with van der Waals surface area (Å²) >= 11 is 0. The van der Waals surface area contributed by atoms with Crippen molar-refractivity contribution in [3.63, 3.8) is 0 Å². The predicted molar refractivity (Wildman–Crippen MR) is 70.0 cm³/mol. The lowest BCUT2D eigenvalue weighted by Gasteiger charge is -2.02. The fourth-order valence-corrected chi connectivity index (χ4v) is 2.22. The maximum Gasteiger partial charge on any atom is 0.154 e. The van der Waals surface area contributed by atoms with E-state index >= 15 is 0 Å². The van der Waals surface area contributed by atoms with Crippen molar-refractivity contribution in [3.8, 4) is 11.3 Å². The van der Waals surface area contributed by atoms with Gasteiger partial charge in [0.1, 0.15) is 6.61 Å². The molecular formula is C14H13N3O. The van der Waals surface area contributed by atoms with Crippen molar-refractivity contribution < 1.29 is 5.11 Å². The van der Waals surface area contributed by atoms with Crippen LogP contribution in [0.3, 0.4) is 0 Å². The highest BCUT2D eigenvalue weighted by Crippen LogP contribution is 2.30. The van der Waals surface area contributed by atoms with Gasteiger partial charge in [-0.1, -0.05) is 18.2 Å². The maximum absolute atomic E-state index is 9.11. The van der Waals surface area contributed by atoms with Crippen molar-refractivity contribution in [2.75, 3.05) is 0 Å². The summed E-state index contributed by atoms with van der Waals surface area (Å²) in [6.07, 6.45) is 1.68. The van der Waals surface area contributed by atoms with Gasteiger partial charge in [0.25, 0.3) is 0 Å². The Hall–Kier alpha value is -2.20. The Morgan fingerprint density at radius 2 is 2.06 bits per heavy atom. The second-order valence-corrected chi connectivity index (χ2v) is 4.19. The van der Waals surface area contributed by atoms with E-state index in [0.717, 1.165) is 27.9 Å². The first-order valence-electron chi connectivity index (χ1n) is 5.80. The highest BCUT2D eigenvalue weighted by molar-refractivity contribution is 5.96. The first kappa shape index (κ1) is 10.9. The molecule has 0 saturated heterocycles. The molecule has 4 heteroatoms. The summed E-state index contributed by atoms with van der Waals surface area (Å²) in [5, 5.41) is 10.2. The summed E-state index contributed by atoms with van der Waals surface area (Å²) in [6.45, 7) is 1.88. The molecule has 0 amide bonds. The Kier molecular flexibility index (Phi) is 2.57. The lowest BCUT2D eigenvalue weighted by atomic mass is 10.1. The third kappa shape index (κ3) is 1.67. The van der Waals surface area contributed by atoms with Gasteiger partial charge in [-0.15, -0.1) is 0 Å². The summed E-state index contributed by atoms with van der Waals surface area (Å²) in [4.78, 5) is 11.7. The number of rotatable bonds is 2. The predicted octanol–water partition coefficient (Wildman–Crippen LogP) is 2.43. The van der Waals surface area contributed by atoms with Crippen LogP contribution < -0.4 is 0 Å². The minimum atomic E-state index is -0.144. The van der Waals surface area contributed by atoms with E-state index in [2.05, 4.69) is 21.0 Å². The molecule has 0 bridgehead atoms. The van der Waals surface area contributed by atoms with Gasteiger partial charge < -0.3 is 10.1 Å². The number of hydrogen-bond donors (Lipinski definition) is 2. The van der Waals surface area contributed by atoms with Crippen LogP contribution in [0.2, 0.25) is 0 Å². The standard InChI is InChI=1S/C14H13N3O/c1-9-14(10-4-2-3-5-11(10)16-9)12-6-7-15-13(8-18)17-12/h2-7,16,18H,8H2,1H3. The number of fused-ring (bicyclic) bond motifs is 1. The van der Waals surface area contributed by atoms with Crippen molar-refractivity contribution >= 4 is 10.9 Å². The summed E-state index contributed by atoms with van der Waals surface area (Å²) in [5.41, 5.74) is 4.07. The van der Waals surface area contributed by atoms with E-state index in [9.17, 15) is 0 Å². The van der Waals surface area contributed by atoms with Gasteiger partial charge in [-0.2, -0.15) is 0 Å². The number of aliphatic hydroxyl groups is 1. The molecule has 0 unspecified atom stereocenters. The van der Waals surface area contributed by atoms with Gasteiger partial charge in [0.2, 0.25) is 0 Å². The molecule has 2 N–H and O–H groups in total. The molecule has 3 rings (SSSR count). The lowest BCUT2D eigenvalue weighted by Crippen LogP contribution is -1.95. The van der Waals surface area contributed by atoms with Crippen molar-refractivity contribution in [1.82, 2.24) is 15.0 Å². The van der Waals surface area contributed by atoms with Gasteiger partial charge in [0.05, 0.1) is 5.69 Å². The van der Waals surface area contributed by atoms with E-state index in [0.29, 0.717) is 5.82 Å². The first-order valence-corrected chi connectivity index (χ1v) is 5.80. The van der Waals surface area contributed by atoms with Gasteiger partial charge in [-0.05, 0) is 19.1 Å². The number of aliphatic hydroxyl groups excluding tert-OH is 1. The second-order valence-electron chi connectivity index (χ2n) is 4.19. The van der Waals surface area contributed by atoms with Crippen LogP contribution in [0.15, 0.2) is 36.5 Å². The summed E-state index contributed by atoms with van der Waals surface area (Å²) in [6, 6.07) is 9.98. The SMILES string of the molecule is Cc1[nH]c2ccccc2c1-c1ccnc(CO)n1. The number of nitrogens with zero attached hydrogens (tertiary/aromatic N) is 2. The molecule has 2 aromatic heterocycles. The molecule has 2 heterocycles. The molecular weight excluding hydrogens is 226 g/mol. The van der Waals surface area contributed by atoms with Crippen LogP contribution in [-0.4, -0.2) is 20.1 Å². The van der Waals surface area contributed by atoms with Crippen LogP contribution >= 0.6 is 0 Å². The Morgan fingerprint density at radius 3 is 2.89 bits per heavy atom. The molecule has 0 aliphatic heterocycles. The molecule has 0 radical (unpaired) electrons. The number of H-pyrrole nitrogens is 1. The van der Waals surface area contributed by atoms with Crippen molar-refractivity contribution in [2.24, 2.45) is 0 Å². The van der Waals surface area contributed by atoms with Gasteiger partial charge in [0.15, 0.2) is 5.82 Å². The molecule has 0 spiro atoms. The van der Waals surface area contributed by atoms with E-state index in [4.69, 9.17) is 5.11 Å². The van der Waals surface area contributed by atoms with Gasteiger partial charge in [-0.3, -0.25) is 0 Å². The summed E-state index contributed by atoms with van der Waals surface area (Å²) in [7, 11) is 0. The zero-order valence-electron chi connectivity index (χ0n) is 10.0. The molecule has 4 nitrogen and oxygen atoms in total. The van der Waals surface area contributed by atoms with E-state index in [1.807, 2.05) is 31.2 Å². The highest BCUT2D eigenvalue weighted by Gasteiger charge is 2.11. The second kappa shape index (κ2) is 4.23. The van der Waals surface area contributed by atoms with Crippen LogP contribution in [0.1, 0.15) is 11.5 Å². The van der Waals surface area contributed by atoms with Crippen LogP contribution in [-0.2, 0) is 6.61 Å². The molecule has 3 aromatic rings. The monoisotopic (exact) mass is 239 g/mol. The molecule has 18 heavy (non-hydrogen) atoms. The van der Waals surface area contributed by atoms with Crippen molar-refractivity contribution in [3.05, 3.63) is 48.0 Å². The molecule has 90 valence electrons. The fourth-order valence-electron chi connectivity index (χ4n) is 2.22. The zero-order valence-corrected chi connectivity index (χ0v) is 10.0. The molecule has 0 atom stereocenters. The maximum atomic E-state index is 9.11. The van der Waals surface area contributed by atoms with E-state index in [-0.39, 0.29) is 6.61 Å². The number of nitrogens with one attached hydrogen (secondary N) is 1. The van der Waals surface area contributed by atoms with Crippen LogP contribution in [0.4, 0.5) is 0 Å². The van der Waals surface area contributed by atoms with Crippen LogP contribution in [0, 0.1) is 6.92 Å². The van der Waals surface area contributed by atoms with Gasteiger partial charge in [0, 0.05) is 28.4 Å². The quantitative estimate of drug-likeness (QED) is 0.722. The molecule has 1 aromatic carbocycles. The minimum Gasteiger partial charge on any atom is -0.388 e. The largest absolute Gasteiger partial charge is 0.388 e. The Balaban J connectivity index is 2.27. The summed E-state index contributed by atoms with van der Waals surface area (Å²) in [5.74, 6) is 0.442. The molecule has 0 fully saturated rings. The fraction of sp³-hybridized carbons (Fsp3) is 0.143. The Morgan fingerprint density at radius 1 is 1.22 bits per heavy atom. The number of aromatic nitrogens is 3. The topological polar surface area (TPSA) is 61.8 Å². The molecule has 0 aliphatic rings. The minimum absolute atomic E-state index is 0.144. The van der Waals surface area contributed by atoms with Gasteiger partial charge >= 0.3 is 0 Å². The third-order valence-corrected chi connectivity index (χ3v) is 3.00. The van der Waals surface area contributed by atoms with Crippen LogP contribution in [0.25, 0.3) is 22.2 Å². The smallest absolute Gasteiger partial charge is 0.154 e. The number of benzene rings is 1. The normalized spacial score (nSPS) is 11.0. The van der Waals surface area contributed by atoms with Crippen LogP contribution in [0.5, 0.6) is 0 Å². The van der Waals surface area contributed by atoms with Crippen molar-refractivity contribution in [2.45, 2.75) is 13.5 Å². The van der Waals surface area contributed by atoms with E-state index in [1.54, 1.807) is 6.20 Å². The van der Waals surface area contributed by atoms with E-state index in [1.165, 1.54) is 0 Å². The lowest BCUT2D eigenvalue weighted by molar-refractivity contribution is 0.271. The Bertz CT molecular complexity index is 703. The highest BCUT2D eigenvalue weighted by atomic mass is 16.3. The van der Waals surface area contributed by atoms with Gasteiger partial charge in [-0.25, -0.2) is 9.97 Å². The van der Waals surface area contributed by atoms with E-state index < -0.39 is 0 Å². The number of hydrogen-bond acceptors (Lipinski definition) is 3. The third-order valence-electron chi connectivity index (χ3n) is 3.00. The average Bonchev–Trinajstić information content (AvgIpc) is 2.74. The van der Waals surface area contributed by atoms with Crippen molar-refractivity contribution in [1.29, 1.82) is 0 Å². The Labute approximate surface area is 104 Å². The zero-order chi connectivity index (χ0) is 12.5. The number of para-hydroxylation sites is 1. The number of aromatic amines is 1. The molecule has 0 aliphatic carbocycles. The molecule has 0 saturated carbocycles. The average molecular weight is 239 g/mol. The number of aryl methyl sites for hydroxylation is 1. The first-order chi connectivity index (χ1) is 8.79.